The first-order valence-corrected chi connectivity index (χ1v) is 10.1. The number of nitrogens with one attached hydrogen (secondary N) is 3. The van der Waals surface area contributed by atoms with Gasteiger partial charge in [-0.25, -0.2) is 4.98 Å². The normalized spacial score (nSPS) is 17.0. The van der Waals surface area contributed by atoms with E-state index in [1.165, 1.54) is 0 Å². The van der Waals surface area contributed by atoms with Crippen LogP contribution in [0.3, 0.4) is 0 Å². The van der Waals surface area contributed by atoms with Gasteiger partial charge in [-0.2, -0.15) is 0 Å². The predicted molar refractivity (Wildman–Crippen MR) is 113 cm³/mol. The number of benzene rings is 1. The van der Waals surface area contributed by atoms with Gasteiger partial charge >= 0.3 is 0 Å². The second kappa shape index (κ2) is 8.04. The number of ether oxygens (including phenoxy) is 1. The summed E-state index contributed by atoms with van der Waals surface area (Å²) >= 11 is 0. The molecule has 1 aromatic heterocycles. The van der Waals surface area contributed by atoms with Crippen LogP contribution in [0.15, 0.2) is 30.5 Å². The molecule has 0 radical (unpaired) electrons. The Balaban J connectivity index is 1.68. The van der Waals surface area contributed by atoms with E-state index in [4.69, 9.17) is 4.74 Å². The van der Waals surface area contributed by atoms with Crippen LogP contribution in [-0.4, -0.2) is 60.4 Å². The number of pyridine rings is 1. The van der Waals surface area contributed by atoms with Crippen molar-refractivity contribution in [2.75, 3.05) is 32.2 Å². The van der Waals surface area contributed by atoms with Crippen LogP contribution in [0, 0.1) is 6.92 Å². The third-order valence-corrected chi connectivity index (χ3v) is 5.53. The van der Waals surface area contributed by atoms with Gasteiger partial charge in [0.2, 0.25) is 0 Å². The molecular formula is C22H26N4O4. The summed E-state index contributed by atoms with van der Waals surface area (Å²) in [4.78, 5) is 29.5. The maximum absolute atomic E-state index is 12.5. The summed E-state index contributed by atoms with van der Waals surface area (Å²) in [6, 6.07) is 7.57. The Hall–Kier alpha value is -2.97. The molecule has 2 fully saturated rings. The van der Waals surface area contributed by atoms with Crippen LogP contribution in [-0.2, 0) is 4.74 Å². The second-order valence-electron chi connectivity index (χ2n) is 8.03. The van der Waals surface area contributed by atoms with E-state index in [2.05, 4.69) is 20.9 Å². The maximum Gasteiger partial charge on any atom is 0.254 e. The molecule has 1 saturated carbocycles. The lowest BCUT2D eigenvalue weighted by atomic mass is 9.96. The van der Waals surface area contributed by atoms with E-state index in [1.807, 2.05) is 19.1 Å². The van der Waals surface area contributed by atoms with Gasteiger partial charge in [-0.15, -0.1) is 0 Å². The Kier molecular flexibility index (Phi) is 5.44. The van der Waals surface area contributed by atoms with Gasteiger partial charge in [0.05, 0.1) is 25.4 Å². The molecule has 30 heavy (non-hydrogen) atoms. The second-order valence-corrected chi connectivity index (χ2v) is 8.03. The van der Waals surface area contributed by atoms with E-state index >= 15 is 0 Å². The molecule has 8 heteroatoms. The fourth-order valence-electron chi connectivity index (χ4n) is 3.39. The van der Waals surface area contributed by atoms with Crippen LogP contribution in [0.5, 0.6) is 0 Å². The Bertz CT molecular complexity index is 978. The molecule has 1 aromatic carbocycles. The van der Waals surface area contributed by atoms with Crippen molar-refractivity contribution in [1.29, 1.82) is 0 Å². The number of nitrogens with zero attached hydrogens (tertiary/aromatic N) is 1. The predicted octanol–water partition coefficient (Wildman–Crippen LogP) is 1.48. The van der Waals surface area contributed by atoms with Crippen molar-refractivity contribution in [2.24, 2.45) is 0 Å². The molecule has 0 atom stereocenters. The van der Waals surface area contributed by atoms with Gasteiger partial charge in [-0.3, -0.25) is 9.59 Å². The molecule has 158 valence electrons. The molecule has 8 nitrogen and oxygen atoms in total. The number of aliphatic hydroxyl groups is 1. The van der Waals surface area contributed by atoms with Gasteiger partial charge in [0.25, 0.3) is 11.8 Å². The van der Waals surface area contributed by atoms with Crippen molar-refractivity contribution in [3.05, 3.63) is 47.2 Å². The van der Waals surface area contributed by atoms with Gasteiger partial charge in [0.1, 0.15) is 11.4 Å². The van der Waals surface area contributed by atoms with E-state index in [9.17, 15) is 14.7 Å². The third-order valence-electron chi connectivity index (χ3n) is 5.53. The fourth-order valence-corrected chi connectivity index (χ4v) is 3.39. The summed E-state index contributed by atoms with van der Waals surface area (Å²) in [5.41, 5.74) is 2.86. The number of aryl methyl sites for hydroxylation is 1. The maximum atomic E-state index is 12.5. The summed E-state index contributed by atoms with van der Waals surface area (Å²) < 4.78 is 5.22. The number of aromatic nitrogens is 1. The molecule has 2 amide bonds. The molecule has 1 aliphatic carbocycles. The van der Waals surface area contributed by atoms with Crippen molar-refractivity contribution in [3.8, 4) is 11.1 Å². The highest BCUT2D eigenvalue weighted by Gasteiger charge is 2.39. The lowest BCUT2D eigenvalue weighted by molar-refractivity contribution is -0.0652. The molecule has 0 spiro atoms. The van der Waals surface area contributed by atoms with Gasteiger partial charge in [0, 0.05) is 30.4 Å². The van der Waals surface area contributed by atoms with E-state index in [0.717, 1.165) is 29.5 Å². The van der Waals surface area contributed by atoms with Crippen LogP contribution in [0.25, 0.3) is 11.1 Å². The summed E-state index contributed by atoms with van der Waals surface area (Å²) in [5, 5.41) is 18.5. The Labute approximate surface area is 175 Å². The molecule has 1 aliphatic heterocycles. The van der Waals surface area contributed by atoms with E-state index in [0.29, 0.717) is 30.2 Å². The van der Waals surface area contributed by atoms with Crippen molar-refractivity contribution < 1.29 is 19.4 Å². The topological polar surface area (TPSA) is 113 Å². The summed E-state index contributed by atoms with van der Waals surface area (Å²) in [6.45, 7) is 2.52. The minimum Gasteiger partial charge on any atom is -0.394 e. The number of hydrogen-bond donors (Lipinski definition) is 4. The molecule has 0 unspecified atom stereocenters. The highest BCUT2D eigenvalue weighted by atomic mass is 16.5. The van der Waals surface area contributed by atoms with Crippen LogP contribution >= 0.6 is 0 Å². The number of aliphatic hydroxyl groups excluding tert-OH is 1. The lowest BCUT2D eigenvalue weighted by Gasteiger charge is -2.41. The van der Waals surface area contributed by atoms with Gasteiger partial charge in [-0.1, -0.05) is 6.07 Å². The summed E-state index contributed by atoms with van der Waals surface area (Å²) in [7, 11) is 1.56. The summed E-state index contributed by atoms with van der Waals surface area (Å²) in [6.07, 6.45) is 3.72. The molecule has 4 rings (SSSR count). The highest BCUT2D eigenvalue weighted by molar-refractivity contribution is 6.00. The van der Waals surface area contributed by atoms with Crippen LogP contribution in [0.1, 0.15) is 39.1 Å². The molecule has 0 bridgehead atoms. The Morgan fingerprint density at radius 3 is 2.60 bits per heavy atom. The quantitative estimate of drug-likeness (QED) is 0.550. The SMILES string of the molecule is CNC(=O)c1cc(-c2cc(C(=O)NC3CC3)ccc2C)cnc1NC1(CO)COC1. The number of amides is 2. The van der Waals surface area contributed by atoms with Gasteiger partial charge in [0.15, 0.2) is 0 Å². The zero-order valence-corrected chi connectivity index (χ0v) is 17.1. The van der Waals surface area contributed by atoms with Crippen molar-refractivity contribution in [2.45, 2.75) is 31.3 Å². The smallest absolute Gasteiger partial charge is 0.254 e. The Morgan fingerprint density at radius 2 is 2.00 bits per heavy atom. The first kappa shape index (κ1) is 20.3. The molecular weight excluding hydrogens is 384 g/mol. The van der Waals surface area contributed by atoms with Crippen molar-refractivity contribution in [1.82, 2.24) is 15.6 Å². The van der Waals surface area contributed by atoms with Crippen LogP contribution < -0.4 is 16.0 Å². The number of carbonyl (C=O) groups excluding carboxylic acids is 2. The summed E-state index contributed by atoms with van der Waals surface area (Å²) in [5.74, 6) is 0.00240. The molecule has 1 saturated heterocycles. The zero-order valence-electron chi connectivity index (χ0n) is 17.1. The van der Waals surface area contributed by atoms with Crippen LogP contribution in [0.2, 0.25) is 0 Å². The molecule has 4 N–H and O–H groups in total. The third kappa shape index (κ3) is 4.01. The standard InChI is InChI=1S/C22H26N4O4/c1-13-3-4-14(20(28)25-16-5-6-16)7-17(13)15-8-18(21(29)23-2)19(24-9-15)26-22(10-27)11-30-12-22/h3-4,7-9,16,27H,5-6,10-12H2,1-2H3,(H,23,29)(H,24,26)(H,25,28). The molecule has 2 aromatic rings. The number of hydrogen-bond acceptors (Lipinski definition) is 6. The van der Waals surface area contributed by atoms with Crippen molar-refractivity contribution in [3.63, 3.8) is 0 Å². The van der Waals surface area contributed by atoms with E-state index in [1.54, 1.807) is 25.4 Å². The van der Waals surface area contributed by atoms with Gasteiger partial charge in [-0.05, 0) is 49.1 Å². The zero-order chi connectivity index (χ0) is 21.3. The molecule has 2 aliphatic rings. The average molecular weight is 410 g/mol. The number of anilines is 1. The Morgan fingerprint density at radius 1 is 1.23 bits per heavy atom. The van der Waals surface area contributed by atoms with E-state index in [-0.39, 0.29) is 24.5 Å². The fraction of sp³-hybridized carbons (Fsp3) is 0.409. The van der Waals surface area contributed by atoms with Crippen molar-refractivity contribution >= 4 is 17.6 Å². The minimum atomic E-state index is -0.631. The first-order chi connectivity index (χ1) is 14.4. The largest absolute Gasteiger partial charge is 0.394 e. The average Bonchev–Trinajstić information content (AvgIpc) is 3.54. The molecule has 2 heterocycles. The van der Waals surface area contributed by atoms with E-state index < -0.39 is 5.54 Å². The lowest BCUT2D eigenvalue weighted by Crippen LogP contribution is -2.59. The van der Waals surface area contributed by atoms with Gasteiger partial charge < -0.3 is 25.8 Å². The monoisotopic (exact) mass is 410 g/mol. The number of carbonyl (C=O) groups is 2. The highest BCUT2D eigenvalue weighted by Crippen LogP contribution is 2.30. The first-order valence-electron chi connectivity index (χ1n) is 10.1. The van der Waals surface area contributed by atoms with Crippen LogP contribution in [0.4, 0.5) is 5.82 Å². The number of rotatable bonds is 7. The minimum absolute atomic E-state index is 0.0913.